The maximum absolute atomic E-state index is 11.4. The number of amides is 1. The molecule has 0 saturated heterocycles. The van der Waals surface area contributed by atoms with E-state index in [1.165, 1.54) is 0 Å². The van der Waals surface area contributed by atoms with Gasteiger partial charge in [0.05, 0.1) is 5.57 Å². The molecule has 3 heteroatoms. The van der Waals surface area contributed by atoms with Crippen LogP contribution >= 0.6 is 0 Å². The van der Waals surface area contributed by atoms with Crippen LogP contribution in [0.4, 0.5) is 0 Å². The van der Waals surface area contributed by atoms with Crippen molar-refractivity contribution in [2.24, 2.45) is 0 Å². The van der Waals surface area contributed by atoms with Gasteiger partial charge >= 0.3 is 0 Å². The number of carbonyl (C=O) groups is 2. The fraction of sp³-hybridized carbons (Fsp3) is 0.167. The average molecular weight is 203 g/mol. The Balaban J connectivity index is 2.87. The van der Waals surface area contributed by atoms with Crippen molar-refractivity contribution in [3.05, 3.63) is 41.5 Å². The van der Waals surface area contributed by atoms with Gasteiger partial charge in [0.15, 0.2) is 6.29 Å². The Morgan fingerprint density at radius 1 is 1.33 bits per heavy atom. The van der Waals surface area contributed by atoms with Crippen LogP contribution in [0, 0.1) is 0 Å². The summed E-state index contributed by atoms with van der Waals surface area (Å²) in [6.45, 7) is 2.32. The van der Waals surface area contributed by atoms with Gasteiger partial charge in [0.2, 0.25) is 0 Å². The summed E-state index contributed by atoms with van der Waals surface area (Å²) in [4.78, 5) is 22.1. The van der Waals surface area contributed by atoms with Gasteiger partial charge < -0.3 is 5.32 Å². The number of aldehydes is 1. The first kappa shape index (κ1) is 11.2. The minimum absolute atomic E-state index is 0.142. The summed E-state index contributed by atoms with van der Waals surface area (Å²) in [7, 11) is 0. The molecule has 0 bridgehead atoms. The third kappa shape index (κ3) is 3.38. The number of hydrogen-bond acceptors (Lipinski definition) is 2. The van der Waals surface area contributed by atoms with Crippen molar-refractivity contribution in [1.82, 2.24) is 5.32 Å². The SMILES string of the molecule is CCNC(=O)C(C=O)=Cc1ccccc1. The molecule has 0 aliphatic heterocycles. The highest BCUT2D eigenvalue weighted by molar-refractivity contribution is 6.14. The summed E-state index contributed by atoms with van der Waals surface area (Å²) >= 11 is 0. The number of nitrogens with one attached hydrogen (secondary N) is 1. The van der Waals surface area contributed by atoms with E-state index >= 15 is 0 Å². The van der Waals surface area contributed by atoms with Crippen LogP contribution in [0.3, 0.4) is 0 Å². The Hall–Kier alpha value is -1.90. The van der Waals surface area contributed by atoms with Crippen molar-refractivity contribution in [3.8, 4) is 0 Å². The molecule has 1 amide bonds. The topological polar surface area (TPSA) is 46.2 Å². The first-order chi connectivity index (χ1) is 7.27. The Kier molecular flexibility index (Phi) is 4.29. The molecule has 0 atom stereocenters. The molecule has 0 heterocycles. The molecule has 15 heavy (non-hydrogen) atoms. The molecule has 1 aromatic rings. The zero-order valence-electron chi connectivity index (χ0n) is 8.57. The van der Waals surface area contributed by atoms with Gasteiger partial charge in [0.25, 0.3) is 5.91 Å². The van der Waals surface area contributed by atoms with E-state index in [2.05, 4.69) is 5.32 Å². The number of carbonyl (C=O) groups excluding carboxylic acids is 2. The summed E-state index contributed by atoms with van der Waals surface area (Å²) in [6, 6.07) is 9.26. The van der Waals surface area contributed by atoms with Gasteiger partial charge in [0.1, 0.15) is 0 Å². The molecule has 1 rings (SSSR count). The molecule has 0 radical (unpaired) electrons. The van der Waals surface area contributed by atoms with E-state index in [9.17, 15) is 9.59 Å². The van der Waals surface area contributed by atoms with E-state index in [-0.39, 0.29) is 11.5 Å². The predicted octanol–water partition coefficient (Wildman–Crippen LogP) is 1.41. The summed E-state index contributed by atoms with van der Waals surface area (Å²) in [5, 5.41) is 2.58. The van der Waals surface area contributed by atoms with Gasteiger partial charge in [-0.15, -0.1) is 0 Å². The summed E-state index contributed by atoms with van der Waals surface area (Å²) in [6.07, 6.45) is 2.13. The number of benzene rings is 1. The Bertz CT molecular complexity index is 368. The third-order valence-electron chi connectivity index (χ3n) is 1.85. The van der Waals surface area contributed by atoms with Gasteiger partial charge in [-0.25, -0.2) is 0 Å². The van der Waals surface area contributed by atoms with Crippen LogP contribution in [-0.4, -0.2) is 18.7 Å². The zero-order valence-corrected chi connectivity index (χ0v) is 8.57. The van der Waals surface area contributed by atoms with Crippen molar-refractivity contribution in [3.63, 3.8) is 0 Å². The van der Waals surface area contributed by atoms with Crippen LogP contribution in [0.25, 0.3) is 6.08 Å². The second-order valence-electron chi connectivity index (χ2n) is 2.99. The molecule has 0 spiro atoms. The maximum atomic E-state index is 11.4. The Morgan fingerprint density at radius 2 is 2.00 bits per heavy atom. The largest absolute Gasteiger partial charge is 0.352 e. The van der Waals surface area contributed by atoms with Crippen LogP contribution in [-0.2, 0) is 9.59 Å². The van der Waals surface area contributed by atoms with E-state index in [0.717, 1.165) is 5.56 Å². The summed E-state index contributed by atoms with van der Waals surface area (Å²) in [5.41, 5.74) is 0.980. The van der Waals surface area contributed by atoms with Crippen molar-refractivity contribution in [2.75, 3.05) is 6.54 Å². The van der Waals surface area contributed by atoms with E-state index in [1.54, 1.807) is 6.08 Å². The molecular weight excluding hydrogens is 190 g/mol. The quantitative estimate of drug-likeness (QED) is 0.348. The van der Waals surface area contributed by atoms with Crippen LogP contribution in [0.1, 0.15) is 12.5 Å². The highest BCUT2D eigenvalue weighted by atomic mass is 16.2. The number of hydrogen-bond donors (Lipinski definition) is 1. The number of rotatable bonds is 4. The molecule has 3 nitrogen and oxygen atoms in total. The Morgan fingerprint density at radius 3 is 2.53 bits per heavy atom. The maximum Gasteiger partial charge on any atom is 0.254 e. The van der Waals surface area contributed by atoms with Gasteiger partial charge in [-0.2, -0.15) is 0 Å². The zero-order chi connectivity index (χ0) is 11.1. The van der Waals surface area contributed by atoms with Gasteiger partial charge in [-0.3, -0.25) is 9.59 Å². The van der Waals surface area contributed by atoms with E-state index in [0.29, 0.717) is 12.8 Å². The minimum Gasteiger partial charge on any atom is -0.352 e. The van der Waals surface area contributed by atoms with E-state index in [1.807, 2.05) is 37.3 Å². The molecule has 1 aromatic carbocycles. The monoisotopic (exact) mass is 203 g/mol. The van der Waals surface area contributed by atoms with Crippen LogP contribution in [0.2, 0.25) is 0 Å². The number of likely N-dealkylation sites (N-methyl/N-ethyl adjacent to an activating group) is 1. The molecule has 0 aliphatic rings. The third-order valence-corrected chi connectivity index (χ3v) is 1.85. The summed E-state index contributed by atoms with van der Waals surface area (Å²) < 4.78 is 0. The van der Waals surface area contributed by atoms with Crippen LogP contribution < -0.4 is 5.32 Å². The molecule has 0 saturated carbocycles. The van der Waals surface area contributed by atoms with Gasteiger partial charge in [0, 0.05) is 6.54 Å². The second-order valence-corrected chi connectivity index (χ2v) is 2.99. The lowest BCUT2D eigenvalue weighted by atomic mass is 10.1. The minimum atomic E-state index is -0.337. The molecule has 0 unspecified atom stereocenters. The molecule has 0 aromatic heterocycles. The van der Waals surface area contributed by atoms with Gasteiger partial charge in [-0.1, -0.05) is 30.3 Å². The van der Waals surface area contributed by atoms with Crippen molar-refractivity contribution >= 4 is 18.3 Å². The molecule has 1 N–H and O–H groups in total. The van der Waals surface area contributed by atoms with Crippen LogP contribution in [0.5, 0.6) is 0 Å². The molecule has 0 fully saturated rings. The Labute approximate surface area is 88.8 Å². The lowest BCUT2D eigenvalue weighted by Crippen LogP contribution is -2.24. The van der Waals surface area contributed by atoms with E-state index in [4.69, 9.17) is 0 Å². The predicted molar refractivity (Wildman–Crippen MR) is 59.2 cm³/mol. The molecular formula is C12H13NO2. The fourth-order valence-electron chi connectivity index (χ4n) is 1.14. The fourth-order valence-corrected chi connectivity index (χ4v) is 1.14. The standard InChI is InChI=1S/C12H13NO2/c1-2-13-12(15)11(9-14)8-10-6-4-3-5-7-10/h3-9H,2H2,1H3,(H,13,15). The first-order valence-corrected chi connectivity index (χ1v) is 4.78. The highest BCUT2D eigenvalue weighted by Crippen LogP contribution is 2.04. The first-order valence-electron chi connectivity index (χ1n) is 4.78. The second kappa shape index (κ2) is 5.75. The van der Waals surface area contributed by atoms with Crippen LogP contribution in [0.15, 0.2) is 35.9 Å². The lowest BCUT2D eigenvalue weighted by molar-refractivity contribution is -0.119. The lowest BCUT2D eigenvalue weighted by Gasteiger charge is -2.00. The van der Waals surface area contributed by atoms with E-state index < -0.39 is 0 Å². The summed E-state index contributed by atoms with van der Waals surface area (Å²) in [5.74, 6) is -0.337. The van der Waals surface area contributed by atoms with Crippen molar-refractivity contribution in [1.29, 1.82) is 0 Å². The van der Waals surface area contributed by atoms with Crippen molar-refractivity contribution in [2.45, 2.75) is 6.92 Å². The normalized spacial score (nSPS) is 10.9. The molecule has 78 valence electrons. The average Bonchev–Trinajstić information content (AvgIpc) is 2.27. The smallest absolute Gasteiger partial charge is 0.254 e. The molecule has 0 aliphatic carbocycles. The van der Waals surface area contributed by atoms with Gasteiger partial charge in [-0.05, 0) is 18.6 Å². The highest BCUT2D eigenvalue weighted by Gasteiger charge is 2.06. The van der Waals surface area contributed by atoms with Crippen molar-refractivity contribution < 1.29 is 9.59 Å².